The number of nitrogens with zero attached hydrogens (tertiary/aromatic N) is 3. The molecule has 0 radical (unpaired) electrons. The fourth-order valence-electron chi connectivity index (χ4n) is 4.11. The Balaban J connectivity index is 1.73. The highest BCUT2D eigenvalue weighted by Crippen LogP contribution is 2.29. The van der Waals surface area contributed by atoms with Gasteiger partial charge < -0.3 is 26.4 Å². The Morgan fingerprint density at radius 1 is 1.08 bits per heavy atom. The van der Waals surface area contributed by atoms with Gasteiger partial charge in [0.1, 0.15) is 11.6 Å². The maximum atomic E-state index is 13.2. The third-order valence-electron chi connectivity index (χ3n) is 5.90. The van der Waals surface area contributed by atoms with Gasteiger partial charge in [-0.2, -0.15) is 0 Å². The largest absolute Gasteiger partial charge is 0.492 e. The smallest absolute Gasteiger partial charge is 0.255 e. The molecule has 9 heteroatoms. The van der Waals surface area contributed by atoms with Gasteiger partial charge in [0.2, 0.25) is 5.91 Å². The molecule has 1 aromatic carbocycles. The van der Waals surface area contributed by atoms with E-state index >= 15 is 0 Å². The summed E-state index contributed by atoms with van der Waals surface area (Å²) in [4.78, 5) is 36.7. The average molecular weight is 507 g/mol. The standard InChI is InChI=1S/C28H38N6O3/c1-3-11-34(12-4-2)28(36)22-14-20-8-9-21(15-25(20)33-26(30)16-22)27(35)32-23-17-24(19-31-18-23)37-13-7-5-6-10-29/h8-9,14-15,17-19H,3-7,10-13,16,29H2,1-2H3,(H2,30,33)(H,32,35). The first-order valence-corrected chi connectivity index (χ1v) is 13.0. The topological polar surface area (TPSA) is 136 Å². The molecular formula is C28H38N6O3. The van der Waals surface area contributed by atoms with Gasteiger partial charge in [0, 0.05) is 42.3 Å². The van der Waals surface area contributed by atoms with Crippen molar-refractivity contribution in [1.82, 2.24) is 9.88 Å². The van der Waals surface area contributed by atoms with Crippen LogP contribution in [0, 0.1) is 0 Å². The van der Waals surface area contributed by atoms with E-state index in [4.69, 9.17) is 16.2 Å². The number of nitrogens with two attached hydrogens (primary N) is 2. The van der Waals surface area contributed by atoms with Gasteiger partial charge >= 0.3 is 0 Å². The summed E-state index contributed by atoms with van der Waals surface area (Å²) in [6.45, 7) is 6.75. The molecule has 1 aliphatic heterocycles. The minimum absolute atomic E-state index is 0.0227. The molecule has 1 aliphatic rings. The predicted molar refractivity (Wildman–Crippen MR) is 148 cm³/mol. The van der Waals surface area contributed by atoms with Crippen molar-refractivity contribution >= 4 is 35.1 Å². The number of carbonyl (C=O) groups excluding carboxylic acids is 2. The van der Waals surface area contributed by atoms with E-state index in [1.165, 1.54) is 0 Å². The molecule has 0 atom stereocenters. The van der Waals surface area contributed by atoms with E-state index in [0.29, 0.717) is 60.3 Å². The van der Waals surface area contributed by atoms with E-state index in [1.54, 1.807) is 36.7 Å². The lowest BCUT2D eigenvalue weighted by atomic mass is 10.0. The molecule has 3 rings (SSSR count). The number of amides is 2. The van der Waals surface area contributed by atoms with Crippen molar-refractivity contribution in [3.8, 4) is 5.75 Å². The van der Waals surface area contributed by atoms with Crippen LogP contribution in [0.4, 0.5) is 11.4 Å². The van der Waals surface area contributed by atoms with Crippen molar-refractivity contribution in [3.05, 3.63) is 53.4 Å². The lowest BCUT2D eigenvalue weighted by molar-refractivity contribution is -0.127. The van der Waals surface area contributed by atoms with Crippen LogP contribution in [0.1, 0.15) is 68.3 Å². The molecule has 5 N–H and O–H groups in total. The number of aliphatic imine (C=N–C) groups is 1. The van der Waals surface area contributed by atoms with Crippen molar-refractivity contribution in [3.63, 3.8) is 0 Å². The second kappa shape index (κ2) is 14.1. The number of fused-ring (bicyclic) bond motifs is 1. The van der Waals surface area contributed by atoms with Crippen molar-refractivity contribution < 1.29 is 14.3 Å². The van der Waals surface area contributed by atoms with Crippen LogP contribution in [-0.2, 0) is 4.79 Å². The maximum absolute atomic E-state index is 13.2. The number of benzene rings is 1. The maximum Gasteiger partial charge on any atom is 0.255 e. The zero-order valence-corrected chi connectivity index (χ0v) is 21.8. The van der Waals surface area contributed by atoms with Crippen LogP contribution in [-0.4, -0.2) is 53.8 Å². The molecule has 1 aromatic heterocycles. The highest BCUT2D eigenvalue weighted by molar-refractivity contribution is 6.07. The molecule has 198 valence electrons. The molecule has 0 aliphatic carbocycles. The molecule has 0 unspecified atom stereocenters. The second-order valence-corrected chi connectivity index (χ2v) is 9.08. The van der Waals surface area contributed by atoms with Crippen molar-refractivity contribution in [2.24, 2.45) is 16.5 Å². The number of ether oxygens (including phenoxy) is 1. The summed E-state index contributed by atoms with van der Waals surface area (Å²) in [5.74, 6) is 0.599. The molecule has 9 nitrogen and oxygen atoms in total. The summed E-state index contributed by atoms with van der Waals surface area (Å²) < 4.78 is 5.73. The van der Waals surface area contributed by atoms with Crippen molar-refractivity contribution in [2.75, 3.05) is 31.6 Å². The van der Waals surface area contributed by atoms with Gasteiger partial charge in [-0.05, 0) is 56.9 Å². The number of unbranched alkanes of at least 4 members (excludes halogenated alkanes) is 2. The van der Waals surface area contributed by atoms with Crippen LogP contribution in [0.5, 0.6) is 5.75 Å². The lowest BCUT2D eigenvalue weighted by Crippen LogP contribution is -2.34. The Labute approximate surface area is 219 Å². The number of amidine groups is 1. The van der Waals surface area contributed by atoms with Gasteiger partial charge in [-0.25, -0.2) is 4.99 Å². The molecule has 2 aromatic rings. The molecule has 2 amide bonds. The fraction of sp³-hybridized carbons (Fsp3) is 0.429. The third-order valence-corrected chi connectivity index (χ3v) is 5.90. The molecule has 0 spiro atoms. The minimum Gasteiger partial charge on any atom is -0.492 e. The lowest BCUT2D eigenvalue weighted by Gasteiger charge is -2.22. The van der Waals surface area contributed by atoms with Gasteiger partial charge in [0.15, 0.2) is 0 Å². The molecule has 0 bridgehead atoms. The van der Waals surface area contributed by atoms with Gasteiger partial charge in [0.05, 0.1) is 30.4 Å². The van der Waals surface area contributed by atoms with Gasteiger partial charge in [-0.3, -0.25) is 14.6 Å². The second-order valence-electron chi connectivity index (χ2n) is 9.08. The van der Waals surface area contributed by atoms with E-state index in [2.05, 4.69) is 29.1 Å². The zero-order valence-electron chi connectivity index (χ0n) is 21.8. The van der Waals surface area contributed by atoms with Crippen LogP contribution in [0.2, 0.25) is 0 Å². The first-order chi connectivity index (χ1) is 17.9. The Bertz CT molecular complexity index is 1140. The Hall–Kier alpha value is -3.72. The summed E-state index contributed by atoms with van der Waals surface area (Å²) in [6, 6.07) is 6.93. The normalized spacial score (nSPS) is 12.6. The van der Waals surface area contributed by atoms with Crippen molar-refractivity contribution in [1.29, 1.82) is 0 Å². The molecule has 0 saturated heterocycles. The van der Waals surface area contributed by atoms with E-state index < -0.39 is 0 Å². The summed E-state index contributed by atoms with van der Waals surface area (Å²) in [6.07, 6.45) is 9.94. The number of pyridine rings is 1. The van der Waals surface area contributed by atoms with Crippen LogP contribution in [0.15, 0.2) is 47.2 Å². The predicted octanol–water partition coefficient (Wildman–Crippen LogP) is 4.27. The van der Waals surface area contributed by atoms with Gasteiger partial charge in [0.25, 0.3) is 5.91 Å². The first-order valence-electron chi connectivity index (χ1n) is 13.0. The zero-order chi connectivity index (χ0) is 26.6. The van der Waals surface area contributed by atoms with Crippen LogP contribution >= 0.6 is 0 Å². The molecule has 37 heavy (non-hydrogen) atoms. The molecular weight excluding hydrogens is 468 g/mol. The Morgan fingerprint density at radius 2 is 1.86 bits per heavy atom. The van der Waals surface area contributed by atoms with Gasteiger partial charge in [-0.15, -0.1) is 0 Å². The monoisotopic (exact) mass is 506 g/mol. The quantitative estimate of drug-likeness (QED) is 0.347. The van der Waals surface area contributed by atoms with Crippen LogP contribution in [0.25, 0.3) is 6.08 Å². The fourth-order valence-corrected chi connectivity index (χ4v) is 4.11. The summed E-state index contributed by atoms with van der Waals surface area (Å²) >= 11 is 0. The molecule has 2 heterocycles. The third kappa shape index (κ3) is 8.15. The Kier molecular flexibility index (Phi) is 10.6. The number of anilines is 1. The molecule has 0 saturated carbocycles. The number of carbonyl (C=O) groups is 2. The van der Waals surface area contributed by atoms with Crippen LogP contribution < -0.4 is 21.5 Å². The number of hydrogen-bond donors (Lipinski definition) is 3. The molecule has 0 fully saturated rings. The van der Waals surface area contributed by atoms with Crippen molar-refractivity contribution in [2.45, 2.75) is 52.4 Å². The average Bonchev–Trinajstić information content (AvgIpc) is 3.05. The number of rotatable bonds is 13. The highest BCUT2D eigenvalue weighted by atomic mass is 16.5. The van der Waals surface area contributed by atoms with Gasteiger partial charge in [-0.1, -0.05) is 19.9 Å². The summed E-state index contributed by atoms with van der Waals surface area (Å²) in [7, 11) is 0. The van der Waals surface area contributed by atoms with E-state index in [1.807, 2.05) is 11.0 Å². The SMILES string of the molecule is CCCN(CCC)C(=O)C1=Cc2ccc(C(=O)Nc3cncc(OCCCCCN)c3)cc2N=C(N)C1. The number of nitrogens with one attached hydrogen (secondary N) is 1. The Morgan fingerprint density at radius 3 is 2.59 bits per heavy atom. The summed E-state index contributed by atoms with van der Waals surface area (Å²) in [5.41, 5.74) is 14.5. The van der Waals surface area contributed by atoms with E-state index in [0.717, 1.165) is 37.7 Å². The van der Waals surface area contributed by atoms with Crippen LogP contribution in [0.3, 0.4) is 0 Å². The number of aromatic nitrogens is 1. The highest BCUT2D eigenvalue weighted by Gasteiger charge is 2.21. The number of hydrogen-bond acceptors (Lipinski definition) is 7. The van der Waals surface area contributed by atoms with E-state index in [9.17, 15) is 9.59 Å². The summed E-state index contributed by atoms with van der Waals surface area (Å²) in [5, 5.41) is 2.86. The van der Waals surface area contributed by atoms with E-state index in [-0.39, 0.29) is 18.2 Å². The minimum atomic E-state index is -0.305. The first kappa shape index (κ1) is 27.9.